The quantitative estimate of drug-likeness (QED) is 0.357. The van der Waals surface area contributed by atoms with Crippen LogP contribution in [0.25, 0.3) is 11.8 Å². The van der Waals surface area contributed by atoms with Gasteiger partial charge in [-0.25, -0.2) is 9.79 Å². The Balaban J connectivity index is 1.83. The maximum absolute atomic E-state index is 14.0. The van der Waals surface area contributed by atoms with Gasteiger partial charge in [0, 0.05) is 24.0 Å². The van der Waals surface area contributed by atoms with Gasteiger partial charge < -0.3 is 14.0 Å². The van der Waals surface area contributed by atoms with Gasteiger partial charge in [-0.1, -0.05) is 53.8 Å². The number of hydrogen-bond acceptors (Lipinski definition) is 6. The molecule has 7 nitrogen and oxygen atoms in total. The second-order valence-corrected chi connectivity index (χ2v) is 10.1. The number of thiazole rings is 1. The summed E-state index contributed by atoms with van der Waals surface area (Å²) >= 11 is 1.32. The second-order valence-electron chi connectivity index (χ2n) is 9.09. The van der Waals surface area contributed by atoms with Crippen LogP contribution in [-0.2, 0) is 16.6 Å². The summed E-state index contributed by atoms with van der Waals surface area (Å²) in [5, 5.41) is 0. The summed E-state index contributed by atoms with van der Waals surface area (Å²) in [5.41, 5.74) is 5.32. The highest BCUT2D eigenvalue weighted by Gasteiger charge is 2.35. The number of benzene rings is 2. The molecule has 0 fully saturated rings. The molecule has 4 aromatic rings. The average molecular weight is 528 g/mol. The molecule has 2 aromatic heterocycles. The van der Waals surface area contributed by atoms with Crippen LogP contribution in [0.4, 0.5) is 0 Å². The molecule has 0 saturated heterocycles. The fraction of sp³-hybridized carbons (Fsp3) is 0.233. The lowest BCUT2D eigenvalue weighted by Gasteiger charge is -2.26. The van der Waals surface area contributed by atoms with Crippen molar-refractivity contribution in [1.82, 2.24) is 9.13 Å². The molecule has 0 saturated carbocycles. The van der Waals surface area contributed by atoms with Gasteiger partial charge >= 0.3 is 5.97 Å². The zero-order chi connectivity index (χ0) is 27.0. The number of methoxy groups -OCH3 is 1. The van der Waals surface area contributed by atoms with Gasteiger partial charge in [0.15, 0.2) is 4.80 Å². The average Bonchev–Trinajstić information content (AvgIpc) is 3.38. The van der Waals surface area contributed by atoms with Crippen molar-refractivity contribution >= 4 is 29.1 Å². The van der Waals surface area contributed by atoms with E-state index in [4.69, 9.17) is 14.5 Å². The molecular formula is C30H29N3O4S. The molecule has 0 N–H and O–H groups in total. The van der Waals surface area contributed by atoms with Crippen LogP contribution in [0.1, 0.15) is 41.0 Å². The van der Waals surface area contributed by atoms with Crippen LogP contribution in [0.15, 0.2) is 76.0 Å². The number of fused-ring (bicyclic) bond motifs is 1. The van der Waals surface area contributed by atoms with Crippen LogP contribution in [0.5, 0.6) is 5.75 Å². The largest absolute Gasteiger partial charge is 0.497 e. The molecule has 8 heteroatoms. The van der Waals surface area contributed by atoms with Crippen molar-refractivity contribution in [1.29, 1.82) is 0 Å². The molecule has 0 aliphatic carbocycles. The Kier molecular flexibility index (Phi) is 6.91. The van der Waals surface area contributed by atoms with Crippen molar-refractivity contribution in [2.45, 2.75) is 26.8 Å². The summed E-state index contributed by atoms with van der Waals surface area (Å²) in [4.78, 5) is 32.9. The van der Waals surface area contributed by atoms with Gasteiger partial charge in [0.2, 0.25) is 0 Å². The third-order valence-electron chi connectivity index (χ3n) is 6.91. The molecule has 0 amide bonds. The Morgan fingerprint density at radius 1 is 1.11 bits per heavy atom. The topological polar surface area (TPSA) is 74.8 Å². The van der Waals surface area contributed by atoms with Crippen LogP contribution < -0.4 is 19.6 Å². The number of carbonyl (C=O) groups excluding carboxylic acids is 1. The molecule has 0 bridgehead atoms. The van der Waals surface area contributed by atoms with Crippen LogP contribution in [0.3, 0.4) is 0 Å². The summed E-state index contributed by atoms with van der Waals surface area (Å²) in [7, 11) is 3.61. The summed E-state index contributed by atoms with van der Waals surface area (Å²) in [6.45, 7) is 6.04. The predicted octanol–water partition coefficient (Wildman–Crippen LogP) is 3.90. The zero-order valence-electron chi connectivity index (χ0n) is 22.0. The molecule has 0 unspecified atom stereocenters. The number of hydrogen-bond donors (Lipinski definition) is 0. The van der Waals surface area contributed by atoms with Crippen molar-refractivity contribution in [3.8, 4) is 5.75 Å². The van der Waals surface area contributed by atoms with Gasteiger partial charge in [0.1, 0.15) is 5.75 Å². The molecule has 2 aromatic carbocycles. The van der Waals surface area contributed by atoms with Crippen molar-refractivity contribution in [2.24, 2.45) is 12.0 Å². The van der Waals surface area contributed by atoms with Crippen LogP contribution in [-0.4, -0.2) is 28.8 Å². The third kappa shape index (κ3) is 4.41. The van der Waals surface area contributed by atoms with Gasteiger partial charge in [0.05, 0.1) is 35.6 Å². The van der Waals surface area contributed by atoms with E-state index in [0.29, 0.717) is 26.4 Å². The molecular weight excluding hydrogens is 498 g/mol. The van der Waals surface area contributed by atoms with E-state index in [1.807, 2.05) is 81.6 Å². The Labute approximate surface area is 224 Å². The van der Waals surface area contributed by atoms with Gasteiger partial charge in [-0.2, -0.15) is 0 Å². The van der Waals surface area contributed by atoms with Crippen molar-refractivity contribution in [3.63, 3.8) is 0 Å². The highest BCUT2D eigenvalue weighted by Crippen LogP contribution is 2.35. The molecule has 38 heavy (non-hydrogen) atoms. The first kappa shape index (κ1) is 25.5. The molecule has 1 aliphatic rings. The second kappa shape index (κ2) is 10.3. The Bertz CT molecular complexity index is 1720. The molecule has 5 rings (SSSR count). The number of aryl methyl sites for hydroxylation is 1. The zero-order valence-corrected chi connectivity index (χ0v) is 22.8. The van der Waals surface area contributed by atoms with Crippen LogP contribution >= 0.6 is 11.3 Å². The fourth-order valence-electron chi connectivity index (χ4n) is 4.71. The Morgan fingerprint density at radius 2 is 1.82 bits per heavy atom. The summed E-state index contributed by atoms with van der Waals surface area (Å²) in [5.74, 6) is 0.181. The lowest BCUT2D eigenvalue weighted by atomic mass is 9.93. The molecule has 0 radical (unpaired) electrons. The Morgan fingerprint density at radius 3 is 2.42 bits per heavy atom. The standard InChI is InChI=1S/C30H29N3O4S/c1-6-37-29(35)25-26(20-10-8-7-9-11-20)31-30-33(27(25)21-12-14-23(36-5)15-13-21)28(34)24(38-30)17-22-16-18(2)32(4)19(22)3/h7-17,27H,6H2,1-5H3/b24-17+/t27-/m1/s1. The lowest BCUT2D eigenvalue weighted by molar-refractivity contribution is -0.138. The van der Waals surface area contributed by atoms with Crippen molar-refractivity contribution < 1.29 is 14.3 Å². The summed E-state index contributed by atoms with van der Waals surface area (Å²) in [6.07, 6.45) is 1.91. The number of ether oxygens (including phenoxy) is 2. The van der Waals surface area contributed by atoms with E-state index >= 15 is 0 Å². The smallest absolute Gasteiger partial charge is 0.338 e. The van der Waals surface area contributed by atoms with Crippen LogP contribution in [0.2, 0.25) is 0 Å². The Hall–Kier alpha value is -4.17. The SMILES string of the molecule is CCOC(=O)C1=C(c2ccccc2)N=c2s/c(=C/c3cc(C)n(C)c3C)c(=O)n2[C@@H]1c1ccc(OC)cc1. The predicted molar refractivity (Wildman–Crippen MR) is 149 cm³/mol. The molecule has 1 aliphatic heterocycles. The number of esters is 1. The van der Waals surface area contributed by atoms with Crippen LogP contribution in [0, 0.1) is 13.8 Å². The monoisotopic (exact) mass is 527 g/mol. The minimum absolute atomic E-state index is 0.204. The number of nitrogens with zero attached hydrogens (tertiary/aromatic N) is 3. The van der Waals surface area contributed by atoms with E-state index in [9.17, 15) is 9.59 Å². The molecule has 194 valence electrons. The molecule has 1 atom stereocenters. The number of aromatic nitrogens is 2. The van der Waals surface area contributed by atoms with E-state index in [1.165, 1.54) is 11.3 Å². The summed E-state index contributed by atoms with van der Waals surface area (Å²) < 4.78 is 15.1. The number of carbonyl (C=O) groups is 1. The van der Waals surface area contributed by atoms with Gasteiger partial charge in [-0.05, 0) is 56.2 Å². The summed E-state index contributed by atoms with van der Waals surface area (Å²) in [6, 6.07) is 18.3. The number of rotatable bonds is 6. The first-order valence-electron chi connectivity index (χ1n) is 12.4. The first-order valence-corrected chi connectivity index (χ1v) is 13.2. The third-order valence-corrected chi connectivity index (χ3v) is 7.89. The first-order chi connectivity index (χ1) is 18.3. The highest BCUT2D eigenvalue weighted by molar-refractivity contribution is 7.07. The van der Waals surface area contributed by atoms with Crippen molar-refractivity contribution in [3.05, 3.63) is 114 Å². The van der Waals surface area contributed by atoms with Gasteiger partial charge in [-0.3, -0.25) is 9.36 Å². The van der Waals surface area contributed by atoms with E-state index in [-0.39, 0.29) is 12.2 Å². The van der Waals surface area contributed by atoms with E-state index in [2.05, 4.69) is 10.6 Å². The molecule has 0 spiro atoms. The van der Waals surface area contributed by atoms with E-state index in [1.54, 1.807) is 18.6 Å². The maximum atomic E-state index is 14.0. The van der Waals surface area contributed by atoms with Crippen molar-refractivity contribution in [2.75, 3.05) is 13.7 Å². The minimum atomic E-state index is -0.716. The van der Waals surface area contributed by atoms with Gasteiger partial charge in [-0.15, -0.1) is 0 Å². The molecule has 3 heterocycles. The lowest BCUT2D eigenvalue weighted by Crippen LogP contribution is -2.40. The highest BCUT2D eigenvalue weighted by atomic mass is 32.1. The van der Waals surface area contributed by atoms with E-state index < -0.39 is 12.0 Å². The maximum Gasteiger partial charge on any atom is 0.338 e. The van der Waals surface area contributed by atoms with Gasteiger partial charge in [0.25, 0.3) is 5.56 Å². The normalized spacial score (nSPS) is 15.3. The fourth-order valence-corrected chi connectivity index (χ4v) is 5.71. The van der Waals surface area contributed by atoms with E-state index in [0.717, 1.165) is 28.1 Å². The minimum Gasteiger partial charge on any atom is -0.497 e.